The van der Waals surface area contributed by atoms with Crippen LogP contribution in [0.15, 0.2) is 51.2 Å². The number of benzene rings is 1. The lowest BCUT2D eigenvalue weighted by atomic mass is 9.96. The molecule has 44 heavy (non-hydrogen) atoms. The van der Waals surface area contributed by atoms with E-state index in [9.17, 15) is 9.59 Å². The summed E-state index contributed by atoms with van der Waals surface area (Å²) in [6, 6.07) is 5.41. The Morgan fingerprint density at radius 1 is 1.20 bits per heavy atom. The maximum atomic E-state index is 13.2. The second-order valence-electron chi connectivity index (χ2n) is 12.6. The van der Waals surface area contributed by atoms with E-state index in [-0.39, 0.29) is 12.4 Å². The van der Waals surface area contributed by atoms with Crippen LogP contribution in [0.5, 0.6) is 0 Å². The van der Waals surface area contributed by atoms with Crippen molar-refractivity contribution in [2.45, 2.75) is 78.5 Å². The fourth-order valence-electron chi connectivity index (χ4n) is 4.57. The third-order valence-electron chi connectivity index (χ3n) is 6.70. The molecule has 0 bridgehead atoms. The molecule has 0 saturated heterocycles. The molecule has 0 saturated carbocycles. The van der Waals surface area contributed by atoms with E-state index >= 15 is 0 Å². The Balaban J connectivity index is 1.67. The van der Waals surface area contributed by atoms with Gasteiger partial charge in [0.15, 0.2) is 0 Å². The monoisotopic (exact) mass is 603 g/mol. The quantitative estimate of drug-likeness (QED) is 0.297. The SMILES string of the molecule is C=NC(=N/C(=C\C)c1ccc2c(c1)CN(C(=O)OC(C)(C)C)CC[C@H]2NC(=O)c1noc(C(C)(C)C)n1)Nc1cnn(C)c1. The molecule has 0 radical (unpaired) electrons. The maximum absolute atomic E-state index is 13.2. The first-order valence-corrected chi connectivity index (χ1v) is 14.4. The summed E-state index contributed by atoms with van der Waals surface area (Å²) in [6.45, 7) is 17.4. The van der Waals surface area contributed by atoms with Gasteiger partial charge in [0, 0.05) is 37.3 Å². The number of anilines is 1. The van der Waals surface area contributed by atoms with Crippen molar-refractivity contribution in [2.24, 2.45) is 17.0 Å². The zero-order valence-electron chi connectivity index (χ0n) is 26.6. The Kier molecular flexibility index (Phi) is 9.36. The van der Waals surface area contributed by atoms with Crippen LogP contribution in [-0.2, 0) is 23.7 Å². The van der Waals surface area contributed by atoms with E-state index in [0.717, 1.165) is 22.4 Å². The van der Waals surface area contributed by atoms with Gasteiger partial charge < -0.3 is 24.8 Å². The second kappa shape index (κ2) is 12.8. The number of rotatable bonds is 5. The zero-order chi connectivity index (χ0) is 32.2. The van der Waals surface area contributed by atoms with Gasteiger partial charge in [0.25, 0.3) is 11.7 Å². The van der Waals surface area contributed by atoms with Crippen LogP contribution in [0, 0.1) is 0 Å². The highest BCUT2D eigenvalue weighted by atomic mass is 16.6. The van der Waals surface area contributed by atoms with Crippen molar-refractivity contribution in [3.05, 3.63) is 65.1 Å². The number of aryl methyl sites for hydroxylation is 1. The van der Waals surface area contributed by atoms with E-state index in [2.05, 4.69) is 37.6 Å². The number of aromatic nitrogens is 4. The van der Waals surface area contributed by atoms with Crippen LogP contribution < -0.4 is 10.6 Å². The summed E-state index contributed by atoms with van der Waals surface area (Å²) in [5, 5.41) is 14.2. The minimum Gasteiger partial charge on any atom is -0.444 e. The first kappa shape index (κ1) is 32.1. The van der Waals surface area contributed by atoms with E-state index in [1.807, 2.05) is 79.8 Å². The van der Waals surface area contributed by atoms with E-state index in [1.54, 1.807) is 22.0 Å². The number of fused-ring (bicyclic) bond motifs is 1. The van der Waals surface area contributed by atoms with Gasteiger partial charge in [0.2, 0.25) is 11.9 Å². The van der Waals surface area contributed by atoms with E-state index < -0.39 is 29.1 Å². The molecule has 1 atom stereocenters. The molecule has 13 heteroatoms. The van der Waals surface area contributed by atoms with Gasteiger partial charge in [-0.15, -0.1) is 0 Å². The number of aliphatic imine (C=N–C) groups is 2. The Labute approximate surface area is 257 Å². The molecule has 3 heterocycles. The number of ether oxygens (including phenoxy) is 1. The molecule has 0 unspecified atom stereocenters. The van der Waals surface area contributed by atoms with E-state index in [1.165, 1.54) is 0 Å². The lowest BCUT2D eigenvalue weighted by Gasteiger charge is -2.26. The number of carbonyl (C=O) groups is 2. The molecule has 1 aromatic carbocycles. The van der Waals surface area contributed by atoms with Crippen LogP contribution in [0.3, 0.4) is 0 Å². The van der Waals surface area contributed by atoms with Gasteiger partial charge in [-0.05, 0) is 58.0 Å². The molecule has 2 N–H and O–H groups in total. The Hall–Kier alpha value is -4.81. The number of amides is 2. The molecular weight excluding hydrogens is 562 g/mol. The van der Waals surface area contributed by atoms with Crippen LogP contribution in [0.2, 0.25) is 0 Å². The summed E-state index contributed by atoms with van der Waals surface area (Å²) in [6.07, 6.45) is 5.35. The average molecular weight is 604 g/mol. The van der Waals surface area contributed by atoms with Crippen molar-refractivity contribution in [1.29, 1.82) is 0 Å². The first-order chi connectivity index (χ1) is 20.7. The highest BCUT2D eigenvalue weighted by Gasteiger charge is 2.31. The minimum absolute atomic E-state index is 0.0440. The molecule has 13 nitrogen and oxygen atoms in total. The summed E-state index contributed by atoms with van der Waals surface area (Å²) in [4.78, 5) is 41.1. The highest BCUT2D eigenvalue weighted by molar-refractivity contribution is 5.99. The molecule has 4 rings (SSSR count). The number of hydrogen-bond acceptors (Lipinski definition) is 8. The van der Waals surface area contributed by atoms with Crippen LogP contribution >= 0.6 is 0 Å². The van der Waals surface area contributed by atoms with Crippen LogP contribution in [0.1, 0.15) is 94.1 Å². The Morgan fingerprint density at radius 3 is 2.55 bits per heavy atom. The molecule has 2 amide bonds. The van der Waals surface area contributed by atoms with Crippen molar-refractivity contribution in [1.82, 2.24) is 30.1 Å². The van der Waals surface area contributed by atoms with E-state index in [4.69, 9.17) is 14.3 Å². The van der Waals surface area contributed by atoms with Crippen LogP contribution in [-0.4, -0.2) is 61.6 Å². The van der Waals surface area contributed by atoms with Gasteiger partial charge in [-0.3, -0.25) is 9.48 Å². The van der Waals surface area contributed by atoms with Gasteiger partial charge in [0.1, 0.15) is 5.60 Å². The normalized spacial score (nSPS) is 16.2. The molecule has 1 aliphatic rings. The Morgan fingerprint density at radius 2 is 1.95 bits per heavy atom. The van der Waals surface area contributed by atoms with Gasteiger partial charge in [0.05, 0.1) is 23.6 Å². The van der Waals surface area contributed by atoms with Gasteiger partial charge in [-0.25, -0.2) is 14.8 Å². The standard InChI is InChI=1S/C31H41N9O4/c1-10-23(36-28(32-8)34-21-16-33-39(9)18-21)19-11-12-22-20(15-19)17-40(29(42)43-31(5,6)7)14-13-24(22)35-26(41)25-37-27(44-38-25)30(2,3)4/h10-12,15-16,18,24H,8,13-14,17H2,1-7,9H3,(H,34,36)(H,35,41)/b23-10-/t24-/m1/s1. The number of allylic oxidation sites excluding steroid dienone is 1. The topological polar surface area (TPSA) is 152 Å². The molecule has 0 aliphatic carbocycles. The minimum atomic E-state index is -0.659. The van der Waals surface area contributed by atoms with Gasteiger partial charge >= 0.3 is 6.09 Å². The molecule has 234 valence electrons. The van der Waals surface area contributed by atoms with Crippen molar-refractivity contribution >= 4 is 36.1 Å². The molecule has 1 aliphatic heterocycles. The molecule has 0 fully saturated rings. The smallest absolute Gasteiger partial charge is 0.410 e. The fourth-order valence-corrected chi connectivity index (χ4v) is 4.57. The first-order valence-electron chi connectivity index (χ1n) is 14.4. The summed E-state index contributed by atoms with van der Waals surface area (Å²) in [7, 11) is 1.82. The third-order valence-corrected chi connectivity index (χ3v) is 6.70. The number of hydrogen-bond donors (Lipinski definition) is 2. The van der Waals surface area contributed by atoms with Crippen LogP contribution in [0.4, 0.5) is 10.5 Å². The number of guanidine groups is 1. The number of nitrogens with zero attached hydrogens (tertiary/aromatic N) is 7. The zero-order valence-corrected chi connectivity index (χ0v) is 26.6. The fraction of sp³-hybridized carbons (Fsp3) is 0.452. The lowest BCUT2D eigenvalue weighted by molar-refractivity contribution is 0.0234. The predicted molar refractivity (Wildman–Crippen MR) is 168 cm³/mol. The van der Waals surface area contributed by atoms with E-state index in [0.29, 0.717) is 30.5 Å². The Bertz CT molecular complexity index is 1590. The van der Waals surface area contributed by atoms with Crippen molar-refractivity contribution in [3.8, 4) is 0 Å². The lowest BCUT2D eigenvalue weighted by Crippen LogP contribution is -2.37. The van der Waals surface area contributed by atoms with Crippen molar-refractivity contribution in [2.75, 3.05) is 11.9 Å². The number of nitrogens with one attached hydrogen (secondary N) is 2. The number of carbonyl (C=O) groups excluding carboxylic acids is 2. The second-order valence-corrected chi connectivity index (χ2v) is 12.6. The summed E-state index contributed by atoms with van der Waals surface area (Å²) >= 11 is 0. The summed E-state index contributed by atoms with van der Waals surface area (Å²) < 4.78 is 12.7. The summed E-state index contributed by atoms with van der Waals surface area (Å²) in [5.74, 6) is 0.168. The van der Waals surface area contributed by atoms with Crippen LogP contribution in [0.25, 0.3) is 5.70 Å². The van der Waals surface area contributed by atoms with Crippen molar-refractivity contribution < 1.29 is 18.8 Å². The molecule has 3 aromatic rings. The van der Waals surface area contributed by atoms with Crippen molar-refractivity contribution in [3.63, 3.8) is 0 Å². The largest absolute Gasteiger partial charge is 0.444 e. The highest BCUT2D eigenvalue weighted by Crippen LogP contribution is 2.31. The average Bonchev–Trinajstić information content (AvgIpc) is 3.57. The summed E-state index contributed by atoms with van der Waals surface area (Å²) in [5.41, 5.74) is 2.80. The maximum Gasteiger partial charge on any atom is 0.410 e. The molecule has 2 aromatic heterocycles. The molecule has 0 spiro atoms. The van der Waals surface area contributed by atoms with Gasteiger partial charge in [-0.1, -0.05) is 44.1 Å². The van der Waals surface area contributed by atoms with Gasteiger partial charge in [-0.2, -0.15) is 10.1 Å². The predicted octanol–water partition coefficient (Wildman–Crippen LogP) is 5.24. The molecular formula is C31H41N9O4. The third kappa shape index (κ3) is 7.97.